The molecule has 0 aliphatic carbocycles. The molecule has 0 aromatic heterocycles. The molecule has 0 heterocycles. The van der Waals surface area contributed by atoms with Crippen LogP contribution in [-0.2, 0) is 31.4 Å². The van der Waals surface area contributed by atoms with Crippen molar-refractivity contribution in [2.45, 2.75) is 13.8 Å². The first-order chi connectivity index (χ1) is 3.13. The number of ether oxygens (including phenoxy) is 1. The third-order valence-corrected chi connectivity index (χ3v) is 0.287. The normalized spacial score (nSPS) is 6.75. The summed E-state index contributed by atoms with van der Waals surface area (Å²) < 4.78 is 3.97. The van der Waals surface area contributed by atoms with E-state index < -0.39 is 11.9 Å². The molecule has 0 unspecified atom stereocenters. The number of carbonyl (C=O) groups excluding carboxylic acids is 2. The van der Waals surface area contributed by atoms with Gasteiger partial charge in [-0.2, -0.15) is 0 Å². The third-order valence-electron chi connectivity index (χ3n) is 0.287. The fourth-order valence-electron chi connectivity index (χ4n) is 0.202. The summed E-state index contributed by atoms with van der Waals surface area (Å²) in [6, 6.07) is 0. The summed E-state index contributed by atoms with van der Waals surface area (Å²) in [6.45, 7) is 2.36. The molecule has 0 saturated carbocycles. The Morgan fingerprint density at radius 2 is 1.38 bits per heavy atom. The predicted molar refractivity (Wildman–Crippen MR) is 22.4 cm³/mol. The van der Waals surface area contributed by atoms with Crippen molar-refractivity contribution in [2.75, 3.05) is 0 Å². The number of hydrogen-bond donors (Lipinski definition) is 0. The molecule has 8 heavy (non-hydrogen) atoms. The van der Waals surface area contributed by atoms with Gasteiger partial charge in [0.1, 0.15) is 0 Å². The first-order valence-corrected chi connectivity index (χ1v) is 1.82. The van der Waals surface area contributed by atoms with Gasteiger partial charge in [0.25, 0.3) is 0 Å². The van der Waals surface area contributed by atoms with Crippen molar-refractivity contribution in [1.82, 2.24) is 0 Å². The van der Waals surface area contributed by atoms with E-state index in [0.717, 1.165) is 0 Å². The average Bonchev–Trinajstić information content (AvgIpc) is 1.27. The molecule has 4 heteroatoms. The largest absolute Gasteiger partial charge is 2.00 e. The summed E-state index contributed by atoms with van der Waals surface area (Å²) in [5, 5.41) is 0. The van der Waals surface area contributed by atoms with Crippen LogP contribution in [-0.4, -0.2) is 11.9 Å². The van der Waals surface area contributed by atoms with E-state index in [0.29, 0.717) is 0 Å². The van der Waals surface area contributed by atoms with E-state index in [1.165, 1.54) is 13.8 Å². The van der Waals surface area contributed by atoms with Crippen molar-refractivity contribution in [3.8, 4) is 0 Å². The molecule has 0 fully saturated rings. The van der Waals surface area contributed by atoms with Crippen molar-refractivity contribution in [2.24, 2.45) is 0 Å². The number of esters is 2. The topological polar surface area (TPSA) is 43.4 Å². The first kappa shape index (κ1) is 10.6. The fourth-order valence-corrected chi connectivity index (χ4v) is 0.202. The van der Waals surface area contributed by atoms with E-state index in [1.807, 2.05) is 0 Å². The number of rotatable bonds is 0. The average molecular weight is 166 g/mol. The standard InChI is InChI=1S/C4H6O3.Cu/c1-3(5)7-4(2)6;/h1-2H3;/q;+2. The predicted octanol–water partition coefficient (Wildman–Crippen LogP) is 0.0935. The van der Waals surface area contributed by atoms with Crippen molar-refractivity contribution in [3.05, 3.63) is 0 Å². The summed E-state index contributed by atoms with van der Waals surface area (Å²) >= 11 is 0. The molecule has 0 saturated heterocycles. The molecule has 49 valence electrons. The van der Waals surface area contributed by atoms with Crippen molar-refractivity contribution in [1.29, 1.82) is 0 Å². The van der Waals surface area contributed by atoms with E-state index in [4.69, 9.17) is 0 Å². The van der Waals surface area contributed by atoms with E-state index in [2.05, 4.69) is 4.74 Å². The van der Waals surface area contributed by atoms with Crippen molar-refractivity contribution >= 4 is 11.9 Å². The van der Waals surface area contributed by atoms with Crippen LogP contribution in [0, 0.1) is 0 Å². The molecule has 0 rings (SSSR count). The summed E-state index contributed by atoms with van der Waals surface area (Å²) in [7, 11) is 0. The minimum atomic E-state index is -0.562. The van der Waals surface area contributed by atoms with Crippen molar-refractivity contribution < 1.29 is 31.4 Å². The third kappa shape index (κ3) is 9.18. The summed E-state index contributed by atoms with van der Waals surface area (Å²) in [6.07, 6.45) is 0. The molecule has 0 atom stereocenters. The molecule has 0 amide bonds. The van der Waals surface area contributed by atoms with Gasteiger partial charge < -0.3 is 4.74 Å². The van der Waals surface area contributed by atoms with Crippen molar-refractivity contribution in [3.63, 3.8) is 0 Å². The second-order valence-electron chi connectivity index (χ2n) is 1.09. The molecular formula is C4H6CuO3+2. The SMILES string of the molecule is CC(=O)OC(C)=O.[Cu+2]. The molecule has 0 aliphatic heterocycles. The van der Waals surface area contributed by atoms with Gasteiger partial charge in [-0.1, -0.05) is 0 Å². The maximum absolute atomic E-state index is 9.81. The molecule has 0 bridgehead atoms. The first-order valence-electron chi connectivity index (χ1n) is 1.82. The van der Waals surface area contributed by atoms with Crippen LogP contribution in [0.1, 0.15) is 13.8 Å². The van der Waals surface area contributed by atoms with E-state index >= 15 is 0 Å². The zero-order valence-corrected chi connectivity index (χ0v) is 5.47. The van der Waals surface area contributed by atoms with Gasteiger partial charge in [0.05, 0.1) is 0 Å². The van der Waals surface area contributed by atoms with Crippen LogP contribution in [0.25, 0.3) is 0 Å². The smallest absolute Gasteiger partial charge is 0.394 e. The van der Waals surface area contributed by atoms with Gasteiger partial charge in [0.2, 0.25) is 0 Å². The quantitative estimate of drug-likeness (QED) is 0.290. The van der Waals surface area contributed by atoms with Crippen LogP contribution in [0.2, 0.25) is 0 Å². The maximum Gasteiger partial charge on any atom is 2.00 e. The Morgan fingerprint density at radius 1 is 1.12 bits per heavy atom. The Kier molecular flexibility index (Phi) is 6.38. The fraction of sp³-hybridized carbons (Fsp3) is 0.500. The van der Waals surface area contributed by atoms with Gasteiger partial charge in [0, 0.05) is 13.8 Å². The molecule has 0 aliphatic rings. The van der Waals surface area contributed by atoms with Crippen LogP contribution in [0.3, 0.4) is 0 Å². The van der Waals surface area contributed by atoms with Crippen LogP contribution in [0.15, 0.2) is 0 Å². The second-order valence-corrected chi connectivity index (χ2v) is 1.09. The van der Waals surface area contributed by atoms with Gasteiger partial charge in [-0.25, -0.2) is 0 Å². The molecule has 0 N–H and O–H groups in total. The zero-order chi connectivity index (χ0) is 5.86. The monoisotopic (exact) mass is 165 g/mol. The van der Waals surface area contributed by atoms with Gasteiger partial charge in [0.15, 0.2) is 0 Å². The molecule has 3 nitrogen and oxygen atoms in total. The van der Waals surface area contributed by atoms with Crippen LogP contribution >= 0.6 is 0 Å². The van der Waals surface area contributed by atoms with E-state index in [9.17, 15) is 9.59 Å². The minimum absolute atomic E-state index is 0. The Hall–Kier alpha value is -0.341. The maximum atomic E-state index is 9.81. The Morgan fingerprint density at radius 3 is 1.38 bits per heavy atom. The van der Waals surface area contributed by atoms with Crippen LogP contribution in [0.4, 0.5) is 0 Å². The van der Waals surface area contributed by atoms with E-state index in [-0.39, 0.29) is 17.1 Å². The molecule has 0 aromatic rings. The minimum Gasteiger partial charge on any atom is -0.394 e. The number of carbonyl (C=O) groups is 2. The molecule has 0 aromatic carbocycles. The van der Waals surface area contributed by atoms with Gasteiger partial charge in [-0.3, -0.25) is 9.59 Å². The Bertz CT molecular complexity index is 87.5. The van der Waals surface area contributed by atoms with Crippen LogP contribution < -0.4 is 0 Å². The molecule has 0 spiro atoms. The Balaban J connectivity index is 0. The Labute approximate surface area is 57.9 Å². The van der Waals surface area contributed by atoms with Gasteiger partial charge >= 0.3 is 29.0 Å². The van der Waals surface area contributed by atoms with Gasteiger partial charge in [-0.15, -0.1) is 0 Å². The summed E-state index contributed by atoms with van der Waals surface area (Å²) in [5.74, 6) is -1.12. The number of hydrogen-bond acceptors (Lipinski definition) is 3. The molecule has 1 radical (unpaired) electrons. The zero-order valence-electron chi connectivity index (χ0n) is 4.53. The molecular weight excluding hydrogens is 160 g/mol. The summed E-state index contributed by atoms with van der Waals surface area (Å²) in [5.41, 5.74) is 0. The second kappa shape index (κ2) is 4.81. The van der Waals surface area contributed by atoms with Gasteiger partial charge in [-0.05, 0) is 0 Å². The van der Waals surface area contributed by atoms with E-state index in [1.54, 1.807) is 0 Å². The summed E-state index contributed by atoms with van der Waals surface area (Å²) in [4.78, 5) is 19.6. The van der Waals surface area contributed by atoms with Crippen LogP contribution in [0.5, 0.6) is 0 Å².